The molecule has 0 aliphatic carbocycles. The number of benzene rings is 3. The van der Waals surface area contributed by atoms with Gasteiger partial charge in [-0.2, -0.15) is 0 Å². The van der Waals surface area contributed by atoms with Crippen molar-refractivity contribution in [3.05, 3.63) is 83.4 Å². The van der Waals surface area contributed by atoms with Gasteiger partial charge in [0.05, 0.1) is 23.9 Å². The van der Waals surface area contributed by atoms with Gasteiger partial charge in [-0.1, -0.05) is 54.9 Å². The molecule has 0 aromatic heterocycles. The van der Waals surface area contributed by atoms with Gasteiger partial charge in [0.25, 0.3) is 0 Å². The second-order valence-corrected chi connectivity index (χ2v) is 7.91. The highest BCUT2D eigenvalue weighted by molar-refractivity contribution is 6.33. The molecule has 0 bridgehead atoms. The second kappa shape index (κ2) is 12.5. The lowest BCUT2D eigenvalue weighted by Crippen LogP contribution is -2.22. The van der Waals surface area contributed by atoms with E-state index in [1.807, 2.05) is 49.4 Å². The number of hydrogen-bond donors (Lipinski definition) is 3. The zero-order valence-electron chi connectivity index (χ0n) is 18.6. The molecule has 33 heavy (non-hydrogen) atoms. The van der Waals surface area contributed by atoms with Crippen LogP contribution in [0.5, 0.6) is 5.75 Å². The number of rotatable bonds is 11. The van der Waals surface area contributed by atoms with Crippen LogP contribution in [-0.4, -0.2) is 25.0 Å². The number of halogens is 1. The molecule has 0 unspecified atom stereocenters. The Morgan fingerprint density at radius 3 is 2.48 bits per heavy atom. The third-order valence-corrected chi connectivity index (χ3v) is 5.12. The summed E-state index contributed by atoms with van der Waals surface area (Å²) in [5.41, 5.74) is 3.02. The van der Waals surface area contributed by atoms with Crippen molar-refractivity contribution in [1.29, 1.82) is 0 Å². The SMILES string of the molecule is CCCC(=O)Nc1ccc(Cl)c(NC(=O)CNc2cccc(OCCc3ccccc3)c2)c1. The van der Waals surface area contributed by atoms with Crippen molar-refractivity contribution < 1.29 is 14.3 Å². The smallest absolute Gasteiger partial charge is 0.243 e. The van der Waals surface area contributed by atoms with E-state index in [9.17, 15) is 9.59 Å². The fraction of sp³-hybridized carbons (Fsp3) is 0.231. The first-order chi connectivity index (χ1) is 16.0. The topological polar surface area (TPSA) is 79.5 Å². The van der Waals surface area contributed by atoms with Crippen LogP contribution in [0.25, 0.3) is 0 Å². The molecule has 0 radical (unpaired) electrons. The Bertz CT molecular complexity index is 1070. The maximum atomic E-state index is 12.4. The molecule has 0 fully saturated rings. The van der Waals surface area contributed by atoms with Crippen LogP contribution in [-0.2, 0) is 16.0 Å². The van der Waals surface area contributed by atoms with Crippen molar-refractivity contribution in [2.45, 2.75) is 26.2 Å². The van der Waals surface area contributed by atoms with E-state index < -0.39 is 0 Å². The summed E-state index contributed by atoms with van der Waals surface area (Å²) < 4.78 is 5.84. The van der Waals surface area contributed by atoms with Crippen molar-refractivity contribution in [2.75, 3.05) is 29.1 Å². The van der Waals surface area contributed by atoms with Gasteiger partial charge in [-0.15, -0.1) is 0 Å². The molecule has 0 aliphatic heterocycles. The first kappa shape index (κ1) is 24.1. The number of carbonyl (C=O) groups is 2. The van der Waals surface area contributed by atoms with Crippen LogP contribution in [0.4, 0.5) is 17.1 Å². The van der Waals surface area contributed by atoms with E-state index in [0.29, 0.717) is 29.4 Å². The highest BCUT2D eigenvalue weighted by atomic mass is 35.5. The van der Waals surface area contributed by atoms with Gasteiger partial charge in [0.15, 0.2) is 0 Å². The summed E-state index contributed by atoms with van der Waals surface area (Å²) in [4.78, 5) is 24.2. The number of amides is 2. The fourth-order valence-corrected chi connectivity index (χ4v) is 3.32. The number of nitrogens with one attached hydrogen (secondary N) is 3. The largest absolute Gasteiger partial charge is 0.493 e. The lowest BCUT2D eigenvalue weighted by Gasteiger charge is -2.12. The Hall–Kier alpha value is -3.51. The highest BCUT2D eigenvalue weighted by Gasteiger charge is 2.09. The molecule has 3 aromatic carbocycles. The summed E-state index contributed by atoms with van der Waals surface area (Å²) in [6, 6.07) is 22.6. The molecule has 0 spiro atoms. The molecule has 0 saturated carbocycles. The minimum absolute atomic E-state index is 0.0518. The van der Waals surface area contributed by atoms with E-state index >= 15 is 0 Å². The minimum Gasteiger partial charge on any atom is -0.493 e. The van der Waals surface area contributed by atoms with Gasteiger partial charge in [0.2, 0.25) is 11.8 Å². The third-order valence-electron chi connectivity index (χ3n) is 4.79. The van der Waals surface area contributed by atoms with E-state index in [4.69, 9.17) is 16.3 Å². The van der Waals surface area contributed by atoms with Gasteiger partial charge < -0.3 is 20.7 Å². The number of hydrogen-bond acceptors (Lipinski definition) is 4. The quantitative estimate of drug-likeness (QED) is 0.337. The van der Waals surface area contributed by atoms with Crippen LogP contribution in [0.2, 0.25) is 5.02 Å². The Morgan fingerprint density at radius 2 is 1.70 bits per heavy atom. The fourth-order valence-electron chi connectivity index (χ4n) is 3.15. The summed E-state index contributed by atoms with van der Waals surface area (Å²) in [7, 11) is 0. The Morgan fingerprint density at radius 1 is 0.879 bits per heavy atom. The van der Waals surface area contributed by atoms with Crippen molar-refractivity contribution in [3.63, 3.8) is 0 Å². The molecule has 3 rings (SSSR count). The Labute approximate surface area is 199 Å². The zero-order chi connectivity index (χ0) is 23.5. The van der Waals surface area contributed by atoms with Gasteiger partial charge in [-0.3, -0.25) is 9.59 Å². The molecule has 6 nitrogen and oxygen atoms in total. The number of anilines is 3. The van der Waals surface area contributed by atoms with Crippen LogP contribution < -0.4 is 20.7 Å². The second-order valence-electron chi connectivity index (χ2n) is 7.51. The summed E-state index contributed by atoms with van der Waals surface area (Å²) in [6.45, 7) is 2.56. The van der Waals surface area contributed by atoms with E-state index in [1.54, 1.807) is 18.2 Å². The molecular formula is C26H28ClN3O3. The predicted octanol–water partition coefficient (Wildman–Crippen LogP) is 5.75. The highest BCUT2D eigenvalue weighted by Crippen LogP contribution is 2.26. The van der Waals surface area contributed by atoms with Crippen LogP contribution in [0.15, 0.2) is 72.8 Å². The van der Waals surface area contributed by atoms with Gasteiger partial charge in [-0.25, -0.2) is 0 Å². The van der Waals surface area contributed by atoms with Crippen molar-refractivity contribution >= 4 is 40.5 Å². The van der Waals surface area contributed by atoms with Gasteiger partial charge in [-0.05, 0) is 42.3 Å². The third kappa shape index (κ3) is 8.16. The minimum atomic E-state index is -0.260. The predicted molar refractivity (Wildman–Crippen MR) is 134 cm³/mol. The molecule has 7 heteroatoms. The summed E-state index contributed by atoms with van der Waals surface area (Å²) in [5.74, 6) is 0.392. The monoisotopic (exact) mass is 465 g/mol. The summed E-state index contributed by atoms with van der Waals surface area (Å²) >= 11 is 6.20. The van der Waals surface area contributed by atoms with Crippen LogP contribution in [0, 0.1) is 0 Å². The average Bonchev–Trinajstić information content (AvgIpc) is 2.81. The molecule has 0 saturated heterocycles. The van der Waals surface area contributed by atoms with Crippen molar-refractivity contribution in [1.82, 2.24) is 0 Å². The molecule has 2 amide bonds. The Balaban J connectivity index is 1.49. The molecule has 0 aliphatic rings. The molecule has 0 heterocycles. The Kier molecular flexibility index (Phi) is 9.15. The van der Waals surface area contributed by atoms with Crippen LogP contribution in [0.3, 0.4) is 0 Å². The first-order valence-electron chi connectivity index (χ1n) is 10.9. The average molecular weight is 466 g/mol. The first-order valence-corrected chi connectivity index (χ1v) is 11.3. The van der Waals surface area contributed by atoms with E-state index in [0.717, 1.165) is 24.3 Å². The zero-order valence-corrected chi connectivity index (χ0v) is 19.3. The van der Waals surface area contributed by atoms with Gasteiger partial charge in [0.1, 0.15) is 5.75 Å². The standard InChI is InChI=1S/C26H28ClN3O3/c1-2-7-25(31)29-21-12-13-23(27)24(17-21)30-26(32)18-28-20-10-6-11-22(16-20)33-15-14-19-8-4-3-5-9-19/h3-6,8-13,16-17,28H,2,7,14-15,18H2,1H3,(H,29,31)(H,30,32). The molecular weight excluding hydrogens is 438 g/mol. The molecule has 3 aromatic rings. The van der Waals surface area contributed by atoms with Crippen LogP contribution in [0.1, 0.15) is 25.3 Å². The van der Waals surface area contributed by atoms with Gasteiger partial charge >= 0.3 is 0 Å². The normalized spacial score (nSPS) is 10.4. The molecule has 0 atom stereocenters. The molecule has 3 N–H and O–H groups in total. The van der Waals surface area contributed by atoms with Gasteiger partial charge in [0, 0.05) is 30.3 Å². The van der Waals surface area contributed by atoms with Crippen molar-refractivity contribution in [3.8, 4) is 5.75 Å². The molecule has 172 valence electrons. The maximum absolute atomic E-state index is 12.4. The van der Waals surface area contributed by atoms with Crippen molar-refractivity contribution in [2.24, 2.45) is 0 Å². The van der Waals surface area contributed by atoms with E-state index in [-0.39, 0.29) is 18.4 Å². The maximum Gasteiger partial charge on any atom is 0.243 e. The summed E-state index contributed by atoms with van der Waals surface area (Å²) in [5, 5.41) is 9.06. The lowest BCUT2D eigenvalue weighted by atomic mass is 10.2. The number of ether oxygens (including phenoxy) is 1. The lowest BCUT2D eigenvalue weighted by molar-refractivity contribution is -0.116. The number of carbonyl (C=O) groups excluding carboxylic acids is 2. The van der Waals surface area contributed by atoms with Crippen LogP contribution >= 0.6 is 11.6 Å². The van der Waals surface area contributed by atoms with E-state index in [2.05, 4.69) is 28.1 Å². The summed E-state index contributed by atoms with van der Waals surface area (Å²) in [6.07, 6.45) is 2.01. The van der Waals surface area contributed by atoms with E-state index in [1.165, 1.54) is 5.56 Å².